The smallest absolute Gasteiger partial charge is 0.300 e. The summed E-state index contributed by atoms with van der Waals surface area (Å²) in [5, 5.41) is 17.1. The van der Waals surface area contributed by atoms with E-state index in [0.29, 0.717) is 35.1 Å². The summed E-state index contributed by atoms with van der Waals surface area (Å²) in [4.78, 5) is 20.9. The van der Waals surface area contributed by atoms with E-state index in [9.17, 15) is 9.90 Å². The molecule has 0 heterocycles. The first-order valence-corrected chi connectivity index (χ1v) is 11.2. The Morgan fingerprint density at radius 3 is 2.46 bits per heavy atom. The Bertz CT molecular complexity index is 649. The maximum atomic E-state index is 11.9. The molecule has 0 aromatic heterocycles. The SMILES string of the molecule is CC(=O)O.C[C@H](CO)[C@H]1CC[C@H]2[C@@H]3CCC4=CC(=O)CC[C@]4(C)[C@H]3CC[C@]12C. The van der Waals surface area contributed by atoms with Crippen LogP contribution >= 0.6 is 0 Å². The molecule has 3 fully saturated rings. The number of rotatable bonds is 2. The second-order valence-electron chi connectivity index (χ2n) is 10.4. The maximum absolute atomic E-state index is 11.9. The van der Waals surface area contributed by atoms with E-state index in [4.69, 9.17) is 9.90 Å². The molecule has 3 saturated carbocycles. The maximum Gasteiger partial charge on any atom is 0.300 e. The van der Waals surface area contributed by atoms with Crippen molar-refractivity contribution in [3.05, 3.63) is 11.6 Å². The van der Waals surface area contributed by atoms with Crippen LogP contribution in [0.3, 0.4) is 0 Å². The van der Waals surface area contributed by atoms with Gasteiger partial charge in [-0.15, -0.1) is 0 Å². The topological polar surface area (TPSA) is 74.6 Å². The van der Waals surface area contributed by atoms with E-state index in [2.05, 4.69) is 20.8 Å². The van der Waals surface area contributed by atoms with Gasteiger partial charge in [-0.2, -0.15) is 0 Å². The van der Waals surface area contributed by atoms with Gasteiger partial charge in [-0.25, -0.2) is 0 Å². The molecule has 7 atom stereocenters. The molecular formula is C24H38O4. The minimum atomic E-state index is -0.833. The van der Waals surface area contributed by atoms with E-state index < -0.39 is 5.97 Å². The van der Waals surface area contributed by atoms with Crippen LogP contribution in [0.4, 0.5) is 0 Å². The van der Waals surface area contributed by atoms with Crippen molar-refractivity contribution in [2.75, 3.05) is 6.61 Å². The van der Waals surface area contributed by atoms with Gasteiger partial charge in [0.05, 0.1) is 0 Å². The molecule has 0 saturated heterocycles. The standard InChI is InChI=1S/C22H34O2.C2H4O2/c1-14(13-23)18-6-7-19-17-5-4-15-12-16(24)8-10-21(15,2)20(17)9-11-22(18,19)3;1-2(3)4/h12,14,17-20,23H,4-11,13H2,1-3H3;1H3,(H,3,4)/t14-,17+,18-,19+,20+,21+,22-;/m1./s1. The zero-order valence-electron chi connectivity index (χ0n) is 18.0. The largest absolute Gasteiger partial charge is 0.481 e. The summed E-state index contributed by atoms with van der Waals surface area (Å²) < 4.78 is 0. The van der Waals surface area contributed by atoms with Crippen molar-refractivity contribution in [3.63, 3.8) is 0 Å². The summed E-state index contributed by atoms with van der Waals surface area (Å²) in [7, 11) is 0. The van der Waals surface area contributed by atoms with Crippen molar-refractivity contribution >= 4 is 11.8 Å². The number of carbonyl (C=O) groups is 2. The Kier molecular flexibility index (Phi) is 6.10. The first-order valence-electron chi connectivity index (χ1n) is 11.2. The molecule has 158 valence electrons. The van der Waals surface area contributed by atoms with Crippen LogP contribution in [0, 0.1) is 40.4 Å². The van der Waals surface area contributed by atoms with Crippen molar-refractivity contribution in [1.29, 1.82) is 0 Å². The number of aliphatic carboxylic acids is 1. The summed E-state index contributed by atoms with van der Waals surface area (Å²) in [6.45, 7) is 8.68. The number of hydrogen-bond donors (Lipinski definition) is 2. The van der Waals surface area contributed by atoms with Crippen LogP contribution < -0.4 is 0 Å². The van der Waals surface area contributed by atoms with Crippen LogP contribution in [-0.4, -0.2) is 28.6 Å². The molecule has 0 aromatic rings. The highest BCUT2D eigenvalue weighted by Crippen LogP contribution is 2.67. The third-order valence-electron chi connectivity index (χ3n) is 9.01. The summed E-state index contributed by atoms with van der Waals surface area (Å²) in [6.07, 6.45) is 11.6. The number of carbonyl (C=O) groups excluding carboxylic acids is 1. The summed E-state index contributed by atoms with van der Waals surface area (Å²) in [5.74, 6) is 3.14. The third kappa shape index (κ3) is 3.58. The fourth-order valence-electron chi connectivity index (χ4n) is 7.66. The van der Waals surface area contributed by atoms with Gasteiger partial charge in [0.2, 0.25) is 0 Å². The lowest BCUT2D eigenvalue weighted by Crippen LogP contribution is -2.51. The predicted molar refractivity (Wildman–Crippen MR) is 110 cm³/mol. The zero-order chi connectivity index (χ0) is 20.7. The average molecular weight is 391 g/mol. The third-order valence-corrected chi connectivity index (χ3v) is 9.01. The minimum Gasteiger partial charge on any atom is -0.481 e. The molecule has 4 aliphatic rings. The number of ketones is 1. The van der Waals surface area contributed by atoms with Crippen molar-refractivity contribution in [1.82, 2.24) is 0 Å². The normalized spacial score (nSPS) is 42.9. The lowest BCUT2D eigenvalue weighted by molar-refractivity contribution is -0.134. The highest BCUT2D eigenvalue weighted by atomic mass is 16.4. The number of aliphatic hydroxyl groups excluding tert-OH is 1. The van der Waals surface area contributed by atoms with Crippen LogP contribution in [0.5, 0.6) is 0 Å². The fourth-order valence-corrected chi connectivity index (χ4v) is 7.66. The molecule has 0 unspecified atom stereocenters. The summed E-state index contributed by atoms with van der Waals surface area (Å²) in [6, 6.07) is 0. The molecule has 0 amide bonds. The monoisotopic (exact) mass is 390 g/mol. The molecule has 0 spiro atoms. The van der Waals surface area contributed by atoms with E-state index >= 15 is 0 Å². The second kappa shape index (κ2) is 7.93. The molecule has 4 rings (SSSR count). The fraction of sp³-hybridized carbons (Fsp3) is 0.833. The number of allylic oxidation sites excluding steroid dienone is 1. The van der Waals surface area contributed by atoms with Crippen LogP contribution in [0.15, 0.2) is 11.6 Å². The average Bonchev–Trinajstić information content (AvgIpc) is 2.98. The van der Waals surface area contributed by atoms with Crippen LogP contribution in [0.1, 0.15) is 79.1 Å². The first kappa shape index (κ1) is 21.5. The van der Waals surface area contributed by atoms with Crippen LogP contribution in [0.25, 0.3) is 0 Å². The van der Waals surface area contributed by atoms with Gasteiger partial charge in [-0.05, 0) is 91.4 Å². The molecule has 2 N–H and O–H groups in total. The highest BCUT2D eigenvalue weighted by Gasteiger charge is 2.59. The van der Waals surface area contributed by atoms with Crippen molar-refractivity contribution < 1.29 is 19.8 Å². The van der Waals surface area contributed by atoms with Crippen LogP contribution in [-0.2, 0) is 9.59 Å². The second-order valence-corrected chi connectivity index (χ2v) is 10.4. The molecule has 0 aromatic carbocycles. The van der Waals surface area contributed by atoms with Gasteiger partial charge in [0.15, 0.2) is 5.78 Å². The van der Waals surface area contributed by atoms with Gasteiger partial charge in [0, 0.05) is 20.0 Å². The van der Waals surface area contributed by atoms with E-state index in [0.717, 1.165) is 43.9 Å². The predicted octanol–water partition coefficient (Wildman–Crippen LogP) is 4.85. The summed E-state index contributed by atoms with van der Waals surface area (Å²) >= 11 is 0. The Hall–Kier alpha value is -1.16. The van der Waals surface area contributed by atoms with Crippen molar-refractivity contribution in [3.8, 4) is 0 Å². The van der Waals surface area contributed by atoms with E-state index in [-0.39, 0.29) is 0 Å². The Labute approximate surface area is 169 Å². The van der Waals surface area contributed by atoms with Crippen molar-refractivity contribution in [2.24, 2.45) is 40.4 Å². The van der Waals surface area contributed by atoms with Crippen LogP contribution in [0.2, 0.25) is 0 Å². The van der Waals surface area contributed by atoms with E-state index in [1.807, 2.05) is 6.08 Å². The number of carboxylic acids is 1. The van der Waals surface area contributed by atoms with E-state index in [1.165, 1.54) is 37.7 Å². The zero-order valence-corrected chi connectivity index (χ0v) is 18.0. The Morgan fingerprint density at radius 1 is 1.14 bits per heavy atom. The molecule has 4 nitrogen and oxygen atoms in total. The molecular weight excluding hydrogens is 352 g/mol. The summed E-state index contributed by atoms with van der Waals surface area (Å²) in [5.41, 5.74) is 2.20. The minimum absolute atomic E-state index is 0.291. The highest BCUT2D eigenvalue weighted by molar-refractivity contribution is 5.91. The number of fused-ring (bicyclic) bond motifs is 5. The van der Waals surface area contributed by atoms with Crippen molar-refractivity contribution in [2.45, 2.75) is 79.1 Å². The van der Waals surface area contributed by atoms with Gasteiger partial charge in [0.1, 0.15) is 0 Å². The number of hydrogen-bond acceptors (Lipinski definition) is 3. The number of aliphatic hydroxyl groups is 1. The molecule has 4 aliphatic carbocycles. The first-order chi connectivity index (χ1) is 13.1. The lowest BCUT2D eigenvalue weighted by Gasteiger charge is -2.58. The molecule has 0 aliphatic heterocycles. The van der Waals surface area contributed by atoms with Gasteiger partial charge >= 0.3 is 0 Å². The van der Waals surface area contributed by atoms with Gasteiger partial charge < -0.3 is 10.2 Å². The lowest BCUT2D eigenvalue weighted by atomic mass is 9.46. The number of carboxylic acid groups (broad SMARTS) is 1. The van der Waals surface area contributed by atoms with Gasteiger partial charge in [0.25, 0.3) is 5.97 Å². The molecule has 0 radical (unpaired) electrons. The van der Waals surface area contributed by atoms with Gasteiger partial charge in [-0.3, -0.25) is 9.59 Å². The molecule has 4 heteroatoms. The van der Waals surface area contributed by atoms with Gasteiger partial charge in [-0.1, -0.05) is 26.3 Å². The Morgan fingerprint density at radius 2 is 1.82 bits per heavy atom. The molecule has 0 bridgehead atoms. The van der Waals surface area contributed by atoms with E-state index in [1.54, 1.807) is 0 Å². The quantitative estimate of drug-likeness (QED) is 0.706. The Balaban J connectivity index is 0.000000516. The molecule has 28 heavy (non-hydrogen) atoms.